The smallest absolute Gasteiger partial charge is 0.244 e. The van der Waals surface area contributed by atoms with Crippen molar-refractivity contribution >= 4 is 21.9 Å². The van der Waals surface area contributed by atoms with E-state index >= 15 is 0 Å². The van der Waals surface area contributed by atoms with Gasteiger partial charge in [-0.25, -0.2) is 18.9 Å². The zero-order chi connectivity index (χ0) is 23.3. The van der Waals surface area contributed by atoms with Crippen molar-refractivity contribution in [2.24, 2.45) is 5.92 Å². The molecule has 1 fully saturated rings. The number of sulfonamides is 1. The van der Waals surface area contributed by atoms with Crippen molar-refractivity contribution in [2.75, 3.05) is 25.7 Å². The van der Waals surface area contributed by atoms with Crippen molar-refractivity contribution in [3.8, 4) is 5.75 Å². The SMILES string of the molecule is COc1cc(C)ccc1S(=O)(=O)NC(CCn1ccnc1NO)C(=O)N1CCC(C)CC1. The van der Waals surface area contributed by atoms with Crippen LogP contribution < -0.4 is 14.9 Å². The molecule has 2 heterocycles. The fourth-order valence-corrected chi connectivity index (χ4v) is 5.18. The first-order valence-corrected chi connectivity index (χ1v) is 12.1. The molecule has 2 aromatic rings. The van der Waals surface area contributed by atoms with Crippen LogP contribution in [0.2, 0.25) is 0 Å². The number of rotatable bonds is 9. The number of nitrogens with one attached hydrogen (secondary N) is 2. The van der Waals surface area contributed by atoms with Crippen LogP contribution in [-0.2, 0) is 21.4 Å². The number of hydrogen-bond donors (Lipinski definition) is 3. The van der Waals surface area contributed by atoms with E-state index < -0.39 is 16.1 Å². The number of aromatic nitrogens is 2. The quantitative estimate of drug-likeness (QED) is 0.484. The van der Waals surface area contributed by atoms with E-state index in [4.69, 9.17) is 4.74 Å². The Morgan fingerprint density at radius 1 is 1.34 bits per heavy atom. The molecule has 1 amide bonds. The van der Waals surface area contributed by atoms with E-state index in [-0.39, 0.29) is 35.5 Å². The largest absolute Gasteiger partial charge is 0.495 e. The third-order valence-electron chi connectivity index (χ3n) is 5.77. The number of hydrogen-bond acceptors (Lipinski definition) is 7. The summed E-state index contributed by atoms with van der Waals surface area (Å²) in [6, 6.07) is 3.82. The molecule has 0 radical (unpaired) electrons. The number of nitrogens with zero attached hydrogens (tertiary/aromatic N) is 3. The van der Waals surface area contributed by atoms with Gasteiger partial charge in [0.05, 0.1) is 7.11 Å². The van der Waals surface area contributed by atoms with Crippen molar-refractivity contribution in [1.29, 1.82) is 0 Å². The molecular formula is C21H31N5O5S. The average molecular weight is 466 g/mol. The Labute approximate surface area is 188 Å². The fourth-order valence-electron chi connectivity index (χ4n) is 3.80. The van der Waals surface area contributed by atoms with Crippen LogP contribution in [0.5, 0.6) is 5.75 Å². The maximum Gasteiger partial charge on any atom is 0.244 e. The summed E-state index contributed by atoms with van der Waals surface area (Å²) in [4.78, 5) is 19.0. The van der Waals surface area contributed by atoms with Gasteiger partial charge in [-0.05, 0) is 49.8 Å². The van der Waals surface area contributed by atoms with Crippen LogP contribution in [0.4, 0.5) is 5.95 Å². The van der Waals surface area contributed by atoms with Crippen LogP contribution in [0.15, 0.2) is 35.5 Å². The summed E-state index contributed by atoms with van der Waals surface area (Å²) >= 11 is 0. The average Bonchev–Trinajstić information content (AvgIpc) is 3.24. The van der Waals surface area contributed by atoms with Gasteiger partial charge in [-0.15, -0.1) is 0 Å². The van der Waals surface area contributed by atoms with Gasteiger partial charge in [-0.1, -0.05) is 13.0 Å². The highest BCUT2D eigenvalue weighted by molar-refractivity contribution is 7.89. The van der Waals surface area contributed by atoms with Crippen LogP contribution >= 0.6 is 0 Å². The first-order valence-electron chi connectivity index (χ1n) is 10.6. The highest BCUT2D eigenvalue weighted by Gasteiger charge is 2.32. The van der Waals surface area contributed by atoms with Crippen molar-refractivity contribution in [2.45, 2.75) is 50.6 Å². The van der Waals surface area contributed by atoms with Gasteiger partial charge >= 0.3 is 0 Å². The van der Waals surface area contributed by atoms with Gasteiger partial charge in [0.1, 0.15) is 16.7 Å². The minimum atomic E-state index is -4.03. The van der Waals surface area contributed by atoms with Gasteiger partial charge in [-0.3, -0.25) is 10.0 Å². The minimum Gasteiger partial charge on any atom is -0.495 e. The normalized spacial score (nSPS) is 16.1. The molecule has 32 heavy (non-hydrogen) atoms. The number of benzene rings is 1. The number of carbonyl (C=O) groups is 1. The van der Waals surface area contributed by atoms with E-state index in [0.29, 0.717) is 19.0 Å². The molecule has 176 valence electrons. The summed E-state index contributed by atoms with van der Waals surface area (Å²) in [7, 11) is -2.62. The summed E-state index contributed by atoms with van der Waals surface area (Å²) < 4.78 is 35.9. The second-order valence-electron chi connectivity index (χ2n) is 8.18. The molecule has 11 heteroatoms. The lowest BCUT2D eigenvalue weighted by molar-refractivity contribution is -0.134. The molecule has 10 nitrogen and oxygen atoms in total. The molecule has 1 aliphatic rings. The highest BCUT2D eigenvalue weighted by atomic mass is 32.2. The van der Waals surface area contributed by atoms with Gasteiger partial charge in [0, 0.05) is 32.0 Å². The van der Waals surface area contributed by atoms with Gasteiger partial charge in [0.25, 0.3) is 0 Å². The highest BCUT2D eigenvalue weighted by Crippen LogP contribution is 2.26. The first kappa shape index (κ1) is 24.0. The Hall–Kier alpha value is -2.63. The van der Waals surface area contributed by atoms with Crippen molar-refractivity contribution in [3.05, 3.63) is 36.2 Å². The lowest BCUT2D eigenvalue weighted by Crippen LogP contribution is -2.50. The molecule has 3 N–H and O–H groups in total. The van der Waals surface area contributed by atoms with E-state index in [2.05, 4.69) is 16.6 Å². The Morgan fingerprint density at radius 2 is 2.06 bits per heavy atom. The summed E-state index contributed by atoms with van der Waals surface area (Å²) in [6.45, 7) is 5.46. The van der Waals surface area contributed by atoms with Crippen molar-refractivity contribution in [3.63, 3.8) is 0 Å². The van der Waals surface area contributed by atoms with Crippen LogP contribution in [0.25, 0.3) is 0 Å². The Balaban J connectivity index is 1.85. The molecule has 0 aliphatic carbocycles. The fraction of sp³-hybridized carbons (Fsp3) is 0.524. The number of carbonyl (C=O) groups excluding carboxylic acids is 1. The summed E-state index contributed by atoms with van der Waals surface area (Å²) in [5.41, 5.74) is 2.85. The maximum absolute atomic E-state index is 13.3. The monoisotopic (exact) mass is 465 g/mol. The standard InChI is InChI=1S/C21H31N5O5S/c1-15-6-10-25(11-7-15)20(27)17(8-12-26-13-9-22-21(26)23-28)24-32(29,30)19-5-4-16(2)14-18(19)31-3/h4-5,9,13-15,17,24,28H,6-8,10-12H2,1-3H3,(H,22,23). The molecular weight excluding hydrogens is 434 g/mol. The zero-order valence-electron chi connectivity index (χ0n) is 18.6. The van der Waals surface area contributed by atoms with Gasteiger partial charge in [0.15, 0.2) is 0 Å². The topological polar surface area (TPSA) is 126 Å². The summed E-state index contributed by atoms with van der Waals surface area (Å²) in [5, 5.41) is 9.19. The third-order valence-corrected chi connectivity index (χ3v) is 7.28. The molecule has 1 unspecified atom stereocenters. The van der Waals surface area contributed by atoms with E-state index in [1.54, 1.807) is 27.8 Å². The van der Waals surface area contributed by atoms with Crippen LogP contribution in [0, 0.1) is 12.8 Å². The minimum absolute atomic E-state index is 0.0176. The third kappa shape index (κ3) is 5.59. The van der Waals surface area contributed by atoms with Crippen LogP contribution in [0.1, 0.15) is 31.7 Å². The van der Waals surface area contributed by atoms with Crippen molar-refractivity contribution < 1.29 is 23.2 Å². The number of piperidine rings is 1. The van der Waals surface area contributed by atoms with E-state index in [1.807, 2.05) is 12.4 Å². The zero-order valence-corrected chi connectivity index (χ0v) is 19.4. The predicted molar refractivity (Wildman–Crippen MR) is 119 cm³/mol. The molecule has 0 bridgehead atoms. The number of likely N-dealkylation sites (tertiary alicyclic amines) is 1. The lowest BCUT2D eigenvalue weighted by Gasteiger charge is -2.33. The molecule has 1 atom stereocenters. The molecule has 1 aliphatic heterocycles. The predicted octanol–water partition coefficient (Wildman–Crippen LogP) is 2.00. The Kier molecular flexibility index (Phi) is 7.75. The molecule has 3 rings (SSSR count). The molecule has 0 spiro atoms. The molecule has 0 saturated carbocycles. The maximum atomic E-state index is 13.3. The van der Waals surface area contributed by atoms with E-state index in [9.17, 15) is 18.4 Å². The lowest BCUT2D eigenvalue weighted by atomic mass is 9.98. The Bertz CT molecular complexity index is 1030. The molecule has 1 saturated heterocycles. The second kappa shape index (κ2) is 10.3. The number of amides is 1. The summed E-state index contributed by atoms with van der Waals surface area (Å²) in [6.07, 6.45) is 5.10. The number of ether oxygens (including phenoxy) is 1. The van der Waals surface area contributed by atoms with Crippen molar-refractivity contribution in [1.82, 2.24) is 19.2 Å². The van der Waals surface area contributed by atoms with E-state index in [0.717, 1.165) is 18.4 Å². The van der Waals surface area contributed by atoms with Crippen LogP contribution in [-0.4, -0.2) is 60.2 Å². The Morgan fingerprint density at radius 3 is 2.72 bits per heavy atom. The molecule has 1 aromatic heterocycles. The molecule has 1 aromatic carbocycles. The van der Waals surface area contributed by atoms with Crippen LogP contribution in [0.3, 0.4) is 0 Å². The number of imidazole rings is 1. The number of anilines is 1. The summed E-state index contributed by atoms with van der Waals surface area (Å²) in [5.74, 6) is 0.711. The second-order valence-corrected chi connectivity index (χ2v) is 9.86. The number of aryl methyl sites for hydroxylation is 2. The van der Waals surface area contributed by atoms with E-state index in [1.165, 1.54) is 19.4 Å². The van der Waals surface area contributed by atoms with Gasteiger partial charge < -0.3 is 14.2 Å². The first-order chi connectivity index (χ1) is 15.2. The van der Waals surface area contributed by atoms with Gasteiger partial charge in [-0.2, -0.15) is 4.72 Å². The number of methoxy groups -OCH3 is 1. The van der Waals surface area contributed by atoms with Gasteiger partial charge in [0.2, 0.25) is 21.9 Å².